The number of amides is 1. The molecule has 0 saturated heterocycles. The van der Waals surface area contributed by atoms with E-state index in [0.717, 1.165) is 39.9 Å². The summed E-state index contributed by atoms with van der Waals surface area (Å²) < 4.78 is 1.92. The maximum absolute atomic E-state index is 13.0. The number of thiophene rings is 1. The largest absolute Gasteiger partial charge is 0.506 e. The Bertz CT molecular complexity index is 981. The number of carbonyl (C=O) groups is 1. The highest BCUT2D eigenvalue weighted by atomic mass is 79.9. The molecule has 1 amide bonds. The second-order valence-electron chi connectivity index (χ2n) is 8.48. The van der Waals surface area contributed by atoms with Gasteiger partial charge in [-0.05, 0) is 74.1 Å². The van der Waals surface area contributed by atoms with Crippen molar-refractivity contribution in [3.05, 3.63) is 41.1 Å². The third-order valence-corrected chi connectivity index (χ3v) is 8.99. The zero-order chi connectivity index (χ0) is 20.4. The van der Waals surface area contributed by atoms with E-state index >= 15 is 0 Å². The molecule has 28 heavy (non-hydrogen) atoms. The maximum atomic E-state index is 13.0. The minimum absolute atomic E-state index is 0.0494. The third kappa shape index (κ3) is 3.44. The first-order chi connectivity index (χ1) is 13.1. The Morgan fingerprint density at radius 2 is 1.89 bits per heavy atom. The quantitative estimate of drug-likeness (QED) is 0.343. The Labute approximate surface area is 193 Å². The standard InChI is InChI=1S/C20H21Br3N2O2S/c1-20(2,3)8-4-5-9-12(6-8)28-19-13(9)18(27)24-17(25-19)14-10(21)7-11(22)16(26)15(14)23/h7-8,17,25-26H,4-6H2,1-3H3,(H,24,27). The average molecular weight is 593 g/mol. The van der Waals surface area contributed by atoms with E-state index in [2.05, 4.69) is 79.2 Å². The summed E-state index contributed by atoms with van der Waals surface area (Å²) in [6.45, 7) is 6.89. The van der Waals surface area contributed by atoms with Crippen molar-refractivity contribution in [2.45, 2.75) is 46.2 Å². The van der Waals surface area contributed by atoms with Gasteiger partial charge in [0.25, 0.3) is 5.91 Å². The maximum Gasteiger partial charge on any atom is 0.256 e. The van der Waals surface area contributed by atoms with Crippen LogP contribution in [-0.4, -0.2) is 11.0 Å². The number of hydrogen-bond donors (Lipinski definition) is 3. The number of fused-ring (bicyclic) bond motifs is 3. The van der Waals surface area contributed by atoms with E-state index in [1.165, 1.54) is 10.4 Å². The molecule has 8 heteroatoms. The van der Waals surface area contributed by atoms with Crippen LogP contribution in [0.2, 0.25) is 0 Å². The zero-order valence-corrected chi connectivity index (χ0v) is 21.3. The number of phenols is 1. The van der Waals surface area contributed by atoms with Gasteiger partial charge in [0.05, 0.1) is 14.5 Å². The van der Waals surface area contributed by atoms with Gasteiger partial charge in [-0.1, -0.05) is 36.7 Å². The van der Waals surface area contributed by atoms with Crippen LogP contribution in [0, 0.1) is 11.3 Å². The summed E-state index contributed by atoms with van der Waals surface area (Å²) in [7, 11) is 0. The topological polar surface area (TPSA) is 61.4 Å². The fourth-order valence-electron chi connectivity index (χ4n) is 4.04. The molecule has 3 N–H and O–H groups in total. The monoisotopic (exact) mass is 590 g/mol. The van der Waals surface area contributed by atoms with Crippen molar-refractivity contribution in [1.82, 2.24) is 5.32 Å². The molecule has 2 heterocycles. The Balaban J connectivity index is 1.71. The molecule has 4 nitrogen and oxygen atoms in total. The number of halogens is 3. The molecule has 150 valence electrons. The fourth-order valence-corrected chi connectivity index (χ4v) is 7.97. The number of nitrogens with one attached hydrogen (secondary N) is 2. The molecule has 1 aromatic carbocycles. The van der Waals surface area contributed by atoms with E-state index in [1.54, 1.807) is 17.4 Å². The van der Waals surface area contributed by atoms with Gasteiger partial charge in [-0.25, -0.2) is 0 Å². The Morgan fingerprint density at radius 3 is 2.57 bits per heavy atom. The molecule has 2 aromatic rings. The number of phenolic OH excluding ortho intramolecular Hbond substituents is 1. The van der Waals surface area contributed by atoms with E-state index in [1.807, 2.05) is 0 Å². The molecule has 0 fully saturated rings. The molecule has 0 radical (unpaired) electrons. The van der Waals surface area contributed by atoms with Crippen LogP contribution in [0.15, 0.2) is 19.5 Å². The summed E-state index contributed by atoms with van der Waals surface area (Å²) in [6, 6.07) is 1.78. The molecule has 1 aliphatic heterocycles. The molecule has 2 unspecified atom stereocenters. The van der Waals surface area contributed by atoms with Gasteiger partial charge in [-0.15, -0.1) is 11.3 Å². The molecular formula is C20H21Br3N2O2S. The normalized spacial score (nSPS) is 21.6. The second kappa shape index (κ2) is 7.29. The molecule has 2 atom stereocenters. The molecular weight excluding hydrogens is 572 g/mol. The van der Waals surface area contributed by atoms with Gasteiger partial charge >= 0.3 is 0 Å². The predicted octanol–water partition coefficient (Wildman–Crippen LogP) is 6.75. The highest BCUT2D eigenvalue weighted by molar-refractivity contribution is 9.11. The first-order valence-electron chi connectivity index (χ1n) is 9.16. The van der Waals surface area contributed by atoms with Crippen LogP contribution >= 0.6 is 59.1 Å². The lowest BCUT2D eigenvalue weighted by molar-refractivity contribution is 0.0934. The van der Waals surface area contributed by atoms with Crippen LogP contribution in [-0.2, 0) is 12.8 Å². The number of benzene rings is 1. The van der Waals surface area contributed by atoms with E-state index < -0.39 is 6.17 Å². The van der Waals surface area contributed by atoms with Gasteiger partial charge in [-0.2, -0.15) is 0 Å². The number of aromatic hydroxyl groups is 1. The molecule has 2 aliphatic rings. The number of hydrogen-bond acceptors (Lipinski definition) is 4. The van der Waals surface area contributed by atoms with Crippen LogP contribution in [0.4, 0.5) is 5.00 Å². The van der Waals surface area contributed by atoms with E-state index in [9.17, 15) is 9.90 Å². The lowest BCUT2D eigenvalue weighted by atomic mass is 9.72. The molecule has 0 bridgehead atoms. The van der Waals surface area contributed by atoms with Crippen LogP contribution in [0.3, 0.4) is 0 Å². The van der Waals surface area contributed by atoms with Crippen molar-refractivity contribution in [2.75, 3.05) is 5.32 Å². The summed E-state index contributed by atoms with van der Waals surface area (Å²) in [6.07, 6.45) is 2.67. The van der Waals surface area contributed by atoms with Crippen LogP contribution in [0.25, 0.3) is 0 Å². The Hall–Kier alpha value is -0.570. The van der Waals surface area contributed by atoms with Gasteiger partial charge in [0, 0.05) is 14.9 Å². The van der Waals surface area contributed by atoms with Gasteiger partial charge in [0.2, 0.25) is 0 Å². The second-order valence-corrected chi connectivity index (χ2v) is 12.1. The van der Waals surface area contributed by atoms with Crippen molar-refractivity contribution in [3.8, 4) is 5.75 Å². The Kier molecular flexibility index (Phi) is 5.39. The Morgan fingerprint density at radius 1 is 1.18 bits per heavy atom. The third-order valence-electron chi connectivity index (χ3n) is 5.74. The summed E-state index contributed by atoms with van der Waals surface area (Å²) in [5, 5.41) is 17.8. The summed E-state index contributed by atoms with van der Waals surface area (Å²) >= 11 is 12.1. The predicted molar refractivity (Wildman–Crippen MR) is 124 cm³/mol. The SMILES string of the molecule is CC(C)(C)C1CCc2c(sc3c2C(=O)NC(c2c(Br)cc(Br)c(O)c2Br)N3)C1. The van der Waals surface area contributed by atoms with Crippen molar-refractivity contribution < 1.29 is 9.90 Å². The smallest absolute Gasteiger partial charge is 0.256 e. The molecule has 4 rings (SSSR count). The average Bonchev–Trinajstić information content (AvgIpc) is 2.97. The number of carbonyl (C=O) groups excluding carboxylic acids is 1. The first kappa shape index (κ1) is 20.7. The number of rotatable bonds is 1. The van der Waals surface area contributed by atoms with Crippen LogP contribution in [0.1, 0.15) is 59.7 Å². The van der Waals surface area contributed by atoms with Crippen molar-refractivity contribution in [1.29, 1.82) is 0 Å². The minimum Gasteiger partial charge on any atom is -0.506 e. The van der Waals surface area contributed by atoms with Crippen molar-refractivity contribution in [2.24, 2.45) is 11.3 Å². The number of anilines is 1. The van der Waals surface area contributed by atoms with E-state index in [0.29, 0.717) is 14.9 Å². The highest BCUT2D eigenvalue weighted by Crippen LogP contribution is 2.48. The van der Waals surface area contributed by atoms with Crippen LogP contribution < -0.4 is 10.6 Å². The summed E-state index contributed by atoms with van der Waals surface area (Å²) in [5.41, 5.74) is 3.04. The van der Waals surface area contributed by atoms with Gasteiger partial charge in [0.15, 0.2) is 0 Å². The highest BCUT2D eigenvalue weighted by Gasteiger charge is 2.37. The van der Waals surface area contributed by atoms with Gasteiger partial charge < -0.3 is 15.7 Å². The lowest BCUT2D eigenvalue weighted by Crippen LogP contribution is -2.38. The molecule has 0 saturated carbocycles. The fraction of sp³-hybridized carbons (Fsp3) is 0.450. The lowest BCUT2D eigenvalue weighted by Gasteiger charge is -2.34. The van der Waals surface area contributed by atoms with Crippen molar-refractivity contribution >= 4 is 70.0 Å². The van der Waals surface area contributed by atoms with Gasteiger partial charge in [-0.3, -0.25) is 4.79 Å². The molecule has 1 aromatic heterocycles. The van der Waals surface area contributed by atoms with Crippen LogP contribution in [0.5, 0.6) is 5.75 Å². The molecule has 1 aliphatic carbocycles. The van der Waals surface area contributed by atoms with E-state index in [4.69, 9.17) is 0 Å². The first-order valence-corrected chi connectivity index (χ1v) is 12.4. The summed E-state index contributed by atoms with van der Waals surface area (Å²) in [4.78, 5) is 14.3. The summed E-state index contributed by atoms with van der Waals surface area (Å²) in [5.74, 6) is 0.691. The minimum atomic E-state index is -0.429. The zero-order valence-electron chi connectivity index (χ0n) is 15.8. The van der Waals surface area contributed by atoms with E-state index in [-0.39, 0.29) is 17.1 Å². The molecule has 0 spiro atoms. The van der Waals surface area contributed by atoms with Crippen molar-refractivity contribution in [3.63, 3.8) is 0 Å². The van der Waals surface area contributed by atoms with Gasteiger partial charge in [0.1, 0.15) is 16.9 Å².